The third-order valence-electron chi connectivity index (χ3n) is 3.84. The summed E-state index contributed by atoms with van der Waals surface area (Å²) in [6.07, 6.45) is 3.48. The van der Waals surface area contributed by atoms with E-state index in [-0.39, 0.29) is 0 Å². The lowest BCUT2D eigenvalue weighted by atomic mass is 9.90. The number of benzene rings is 1. The molecule has 1 aromatic rings. The van der Waals surface area contributed by atoms with Gasteiger partial charge in [-0.2, -0.15) is 0 Å². The number of rotatable bonds is 6. The van der Waals surface area contributed by atoms with Crippen LogP contribution in [0.15, 0.2) is 12.1 Å². The fourth-order valence-corrected chi connectivity index (χ4v) is 2.80. The summed E-state index contributed by atoms with van der Waals surface area (Å²) in [4.78, 5) is 0. The Bertz CT molecular complexity index is 428. The van der Waals surface area contributed by atoms with Crippen molar-refractivity contribution in [3.05, 3.63) is 17.7 Å². The largest absolute Gasteiger partial charge is 0.493 e. The van der Waals surface area contributed by atoms with Crippen molar-refractivity contribution in [2.75, 3.05) is 33.9 Å². The monoisotopic (exact) mass is 279 g/mol. The molecule has 0 atom stereocenters. The summed E-state index contributed by atoms with van der Waals surface area (Å²) in [5.74, 6) is 2.99. The standard InChI is InChI=1S/C16H25NO3/c1-4-20-15-13(11-12-7-9-17-10-8-12)5-6-14(18-2)16(15)19-3/h5-6,12,17H,4,7-11H2,1-3H3. The Morgan fingerprint density at radius 1 is 1.10 bits per heavy atom. The molecule has 1 aromatic carbocycles. The van der Waals surface area contributed by atoms with Crippen molar-refractivity contribution in [1.29, 1.82) is 0 Å². The average molecular weight is 279 g/mol. The molecule has 0 radical (unpaired) electrons. The lowest BCUT2D eigenvalue weighted by Crippen LogP contribution is -2.28. The molecule has 1 saturated heterocycles. The first-order chi connectivity index (χ1) is 9.80. The third kappa shape index (κ3) is 3.37. The number of piperidine rings is 1. The molecule has 0 saturated carbocycles. The lowest BCUT2D eigenvalue weighted by molar-refractivity contribution is 0.289. The van der Waals surface area contributed by atoms with Crippen molar-refractivity contribution in [1.82, 2.24) is 5.32 Å². The highest BCUT2D eigenvalue weighted by Gasteiger charge is 2.20. The quantitative estimate of drug-likeness (QED) is 0.869. The molecule has 0 amide bonds. The van der Waals surface area contributed by atoms with Gasteiger partial charge in [0.25, 0.3) is 0 Å². The summed E-state index contributed by atoms with van der Waals surface area (Å²) in [5.41, 5.74) is 1.22. The molecule has 0 unspecified atom stereocenters. The van der Waals surface area contributed by atoms with Gasteiger partial charge < -0.3 is 19.5 Å². The highest BCUT2D eigenvalue weighted by Crippen LogP contribution is 2.41. The van der Waals surface area contributed by atoms with Crippen molar-refractivity contribution >= 4 is 0 Å². The van der Waals surface area contributed by atoms with Crippen LogP contribution in [0, 0.1) is 5.92 Å². The first-order valence-electron chi connectivity index (χ1n) is 7.37. The summed E-state index contributed by atoms with van der Waals surface area (Å²) in [7, 11) is 3.31. The van der Waals surface area contributed by atoms with Gasteiger partial charge in [0.05, 0.1) is 20.8 Å². The minimum Gasteiger partial charge on any atom is -0.493 e. The van der Waals surface area contributed by atoms with E-state index < -0.39 is 0 Å². The Kier molecular flexibility index (Phi) is 5.53. The van der Waals surface area contributed by atoms with Crippen LogP contribution in [0.3, 0.4) is 0 Å². The fourth-order valence-electron chi connectivity index (χ4n) is 2.80. The molecule has 1 fully saturated rings. The van der Waals surface area contributed by atoms with Crippen molar-refractivity contribution in [3.63, 3.8) is 0 Å². The van der Waals surface area contributed by atoms with Crippen LogP contribution in [-0.2, 0) is 6.42 Å². The normalized spacial score (nSPS) is 15.9. The summed E-state index contributed by atoms with van der Waals surface area (Å²) in [5, 5.41) is 3.41. The highest BCUT2D eigenvalue weighted by molar-refractivity contribution is 5.56. The van der Waals surface area contributed by atoms with Crippen LogP contribution in [0.2, 0.25) is 0 Å². The topological polar surface area (TPSA) is 39.7 Å². The van der Waals surface area contributed by atoms with E-state index in [1.807, 2.05) is 13.0 Å². The molecule has 4 nitrogen and oxygen atoms in total. The molecular formula is C16H25NO3. The van der Waals surface area contributed by atoms with E-state index in [0.29, 0.717) is 18.3 Å². The van der Waals surface area contributed by atoms with Gasteiger partial charge in [-0.3, -0.25) is 0 Å². The molecule has 2 rings (SSSR count). The lowest BCUT2D eigenvalue weighted by Gasteiger charge is -2.24. The maximum atomic E-state index is 5.82. The van der Waals surface area contributed by atoms with Gasteiger partial charge in [-0.05, 0) is 56.8 Å². The van der Waals surface area contributed by atoms with Gasteiger partial charge >= 0.3 is 0 Å². The summed E-state index contributed by atoms with van der Waals surface area (Å²) < 4.78 is 16.7. The van der Waals surface area contributed by atoms with Crippen LogP contribution in [-0.4, -0.2) is 33.9 Å². The second-order valence-electron chi connectivity index (χ2n) is 5.12. The Morgan fingerprint density at radius 3 is 2.45 bits per heavy atom. The van der Waals surface area contributed by atoms with E-state index in [0.717, 1.165) is 31.0 Å². The number of ether oxygens (including phenoxy) is 3. The minimum atomic E-state index is 0.628. The Balaban J connectivity index is 2.25. The van der Waals surface area contributed by atoms with Gasteiger partial charge in [0.2, 0.25) is 5.75 Å². The van der Waals surface area contributed by atoms with E-state index >= 15 is 0 Å². The van der Waals surface area contributed by atoms with Crippen molar-refractivity contribution in [3.8, 4) is 17.2 Å². The predicted molar refractivity (Wildman–Crippen MR) is 80.0 cm³/mol. The van der Waals surface area contributed by atoms with Gasteiger partial charge in [-0.15, -0.1) is 0 Å². The number of nitrogens with one attached hydrogen (secondary N) is 1. The van der Waals surface area contributed by atoms with E-state index in [4.69, 9.17) is 14.2 Å². The summed E-state index contributed by atoms with van der Waals surface area (Å²) in [6, 6.07) is 4.08. The minimum absolute atomic E-state index is 0.628. The molecule has 0 spiro atoms. The van der Waals surface area contributed by atoms with Crippen molar-refractivity contribution in [2.45, 2.75) is 26.2 Å². The first kappa shape index (κ1) is 15.0. The molecule has 1 N–H and O–H groups in total. The van der Waals surface area contributed by atoms with Crippen LogP contribution in [0.4, 0.5) is 0 Å². The van der Waals surface area contributed by atoms with E-state index in [2.05, 4.69) is 11.4 Å². The van der Waals surface area contributed by atoms with Gasteiger partial charge in [0, 0.05) is 0 Å². The third-order valence-corrected chi connectivity index (χ3v) is 3.84. The number of hydrogen-bond acceptors (Lipinski definition) is 4. The predicted octanol–water partition coefficient (Wildman–Crippen LogP) is 2.64. The van der Waals surface area contributed by atoms with Gasteiger partial charge in [-0.25, -0.2) is 0 Å². The zero-order chi connectivity index (χ0) is 14.4. The summed E-state index contributed by atoms with van der Waals surface area (Å²) in [6.45, 7) is 4.85. The van der Waals surface area contributed by atoms with Crippen molar-refractivity contribution in [2.24, 2.45) is 5.92 Å². The maximum absolute atomic E-state index is 5.82. The summed E-state index contributed by atoms with van der Waals surface area (Å²) >= 11 is 0. The highest BCUT2D eigenvalue weighted by atomic mass is 16.5. The van der Waals surface area contributed by atoms with Crippen LogP contribution in [0.25, 0.3) is 0 Å². The molecule has 112 valence electrons. The Morgan fingerprint density at radius 2 is 1.85 bits per heavy atom. The SMILES string of the molecule is CCOc1c(CC2CCNCC2)ccc(OC)c1OC. The zero-order valence-corrected chi connectivity index (χ0v) is 12.7. The second kappa shape index (κ2) is 7.39. The fraction of sp³-hybridized carbons (Fsp3) is 0.625. The molecule has 0 bridgehead atoms. The van der Waals surface area contributed by atoms with E-state index in [1.54, 1.807) is 14.2 Å². The van der Waals surface area contributed by atoms with Gasteiger partial charge in [0.1, 0.15) is 0 Å². The molecule has 0 aliphatic carbocycles. The molecule has 4 heteroatoms. The maximum Gasteiger partial charge on any atom is 0.203 e. The molecule has 1 aliphatic rings. The van der Waals surface area contributed by atoms with Gasteiger partial charge in [-0.1, -0.05) is 6.07 Å². The Labute approximate surface area is 121 Å². The average Bonchev–Trinajstić information content (AvgIpc) is 2.49. The van der Waals surface area contributed by atoms with Gasteiger partial charge in [0.15, 0.2) is 11.5 Å². The first-order valence-corrected chi connectivity index (χ1v) is 7.37. The molecular weight excluding hydrogens is 254 g/mol. The van der Waals surface area contributed by atoms with E-state index in [9.17, 15) is 0 Å². The van der Waals surface area contributed by atoms with Crippen LogP contribution in [0.5, 0.6) is 17.2 Å². The molecule has 1 aliphatic heterocycles. The number of hydrogen-bond donors (Lipinski definition) is 1. The zero-order valence-electron chi connectivity index (χ0n) is 12.7. The van der Waals surface area contributed by atoms with Crippen LogP contribution >= 0.6 is 0 Å². The Hall–Kier alpha value is -1.42. The second-order valence-corrected chi connectivity index (χ2v) is 5.12. The van der Waals surface area contributed by atoms with Crippen LogP contribution in [0.1, 0.15) is 25.3 Å². The molecule has 20 heavy (non-hydrogen) atoms. The van der Waals surface area contributed by atoms with Crippen molar-refractivity contribution < 1.29 is 14.2 Å². The molecule has 1 heterocycles. The smallest absolute Gasteiger partial charge is 0.203 e. The van der Waals surface area contributed by atoms with E-state index in [1.165, 1.54) is 18.4 Å². The molecule has 0 aromatic heterocycles. The number of methoxy groups -OCH3 is 2. The van der Waals surface area contributed by atoms with Crippen LogP contribution < -0.4 is 19.5 Å².